The highest BCUT2D eigenvalue weighted by atomic mass is 32.2. The minimum Gasteiger partial charge on any atom is -0.480 e. The molecule has 0 aliphatic carbocycles. The second-order valence-corrected chi connectivity index (χ2v) is 5.53. The molecule has 0 spiro atoms. The molecule has 0 amide bonds. The highest BCUT2D eigenvalue weighted by Crippen LogP contribution is 2.35. The van der Waals surface area contributed by atoms with E-state index in [0.717, 1.165) is 30.9 Å². The van der Waals surface area contributed by atoms with Crippen LogP contribution in [0.1, 0.15) is 33.6 Å². The molecule has 1 aliphatic rings. The van der Waals surface area contributed by atoms with Gasteiger partial charge in [-0.05, 0) is 39.0 Å². The summed E-state index contributed by atoms with van der Waals surface area (Å²) in [6.07, 6.45) is 1.79. The Hall–Kier alpha value is -0.220. The molecule has 1 fully saturated rings. The molecule has 0 saturated carbocycles. The van der Waals surface area contributed by atoms with Crippen LogP contribution < -0.4 is 0 Å². The average Bonchev–Trinajstić information content (AvgIpc) is 2.63. The molecule has 3 nitrogen and oxygen atoms in total. The van der Waals surface area contributed by atoms with Gasteiger partial charge in [-0.15, -0.1) is 0 Å². The summed E-state index contributed by atoms with van der Waals surface area (Å²) in [5, 5.41) is 9.45. The second-order valence-electron chi connectivity index (χ2n) is 4.43. The van der Waals surface area contributed by atoms with E-state index in [2.05, 4.69) is 25.7 Å². The van der Waals surface area contributed by atoms with Gasteiger partial charge in [0.25, 0.3) is 0 Å². The fraction of sp³-hybridized carbons (Fsp3) is 0.909. The predicted octanol–water partition coefficient (Wildman–Crippen LogP) is 2.07. The number of nitrogens with zero attached hydrogens (tertiary/aromatic N) is 1. The summed E-state index contributed by atoms with van der Waals surface area (Å²) in [6, 6.07) is 0.305. The number of carbonyl (C=O) groups is 1. The van der Waals surface area contributed by atoms with Crippen molar-refractivity contribution in [1.29, 1.82) is 0 Å². The van der Waals surface area contributed by atoms with Crippen molar-refractivity contribution in [3.05, 3.63) is 0 Å². The standard InChI is InChI=1S/C11H21NO2S/c1-4-6-12(9(2)3)11(10(13)14)5-7-15-8-11/h9H,4-8H2,1-3H3,(H,13,14). The van der Waals surface area contributed by atoms with E-state index >= 15 is 0 Å². The molecule has 1 N–H and O–H groups in total. The summed E-state index contributed by atoms with van der Waals surface area (Å²) in [7, 11) is 0. The molecule has 0 radical (unpaired) electrons. The molecular weight excluding hydrogens is 210 g/mol. The van der Waals surface area contributed by atoms with Crippen molar-refractivity contribution in [2.24, 2.45) is 0 Å². The largest absolute Gasteiger partial charge is 0.480 e. The minimum absolute atomic E-state index is 0.305. The van der Waals surface area contributed by atoms with Gasteiger partial charge in [-0.2, -0.15) is 11.8 Å². The first-order chi connectivity index (χ1) is 7.04. The molecule has 1 rings (SSSR count). The van der Waals surface area contributed by atoms with Crippen LogP contribution in [0.3, 0.4) is 0 Å². The number of hydrogen-bond donors (Lipinski definition) is 1. The topological polar surface area (TPSA) is 40.5 Å². The van der Waals surface area contributed by atoms with Crippen molar-refractivity contribution in [3.63, 3.8) is 0 Å². The first-order valence-corrected chi connectivity index (χ1v) is 6.78. The number of aliphatic carboxylic acids is 1. The zero-order valence-electron chi connectivity index (χ0n) is 9.82. The predicted molar refractivity (Wildman–Crippen MR) is 64.4 cm³/mol. The number of carboxylic acid groups (broad SMARTS) is 1. The lowest BCUT2D eigenvalue weighted by atomic mass is 9.94. The van der Waals surface area contributed by atoms with Crippen LogP contribution in [0.2, 0.25) is 0 Å². The van der Waals surface area contributed by atoms with Crippen molar-refractivity contribution in [3.8, 4) is 0 Å². The first-order valence-electron chi connectivity index (χ1n) is 5.62. The van der Waals surface area contributed by atoms with E-state index in [4.69, 9.17) is 0 Å². The van der Waals surface area contributed by atoms with Crippen LogP contribution >= 0.6 is 11.8 Å². The Balaban J connectivity index is 2.89. The summed E-state index contributed by atoms with van der Waals surface area (Å²) >= 11 is 1.76. The summed E-state index contributed by atoms with van der Waals surface area (Å²) in [5.74, 6) is 1.06. The SMILES string of the molecule is CCCN(C(C)C)C1(C(=O)O)CCSC1. The van der Waals surface area contributed by atoms with Crippen LogP contribution in [0.5, 0.6) is 0 Å². The number of carboxylic acids is 1. The molecule has 15 heavy (non-hydrogen) atoms. The van der Waals surface area contributed by atoms with Crippen LogP contribution in [0, 0.1) is 0 Å². The summed E-state index contributed by atoms with van der Waals surface area (Å²) < 4.78 is 0. The third-order valence-electron chi connectivity index (χ3n) is 3.04. The Labute approximate surface area is 96.2 Å². The highest BCUT2D eigenvalue weighted by Gasteiger charge is 2.47. The van der Waals surface area contributed by atoms with Crippen LogP contribution in [-0.4, -0.2) is 45.6 Å². The third-order valence-corrected chi connectivity index (χ3v) is 4.21. The highest BCUT2D eigenvalue weighted by molar-refractivity contribution is 7.99. The van der Waals surface area contributed by atoms with E-state index < -0.39 is 11.5 Å². The van der Waals surface area contributed by atoms with Crippen molar-refractivity contribution < 1.29 is 9.90 Å². The normalized spacial score (nSPS) is 26.5. The van der Waals surface area contributed by atoms with E-state index in [-0.39, 0.29) is 0 Å². The third kappa shape index (κ3) is 2.48. The molecule has 1 atom stereocenters. The number of thioether (sulfide) groups is 1. The first kappa shape index (κ1) is 12.8. The van der Waals surface area contributed by atoms with E-state index in [1.165, 1.54) is 0 Å². The zero-order valence-corrected chi connectivity index (χ0v) is 10.6. The summed E-state index contributed by atoms with van der Waals surface area (Å²) in [4.78, 5) is 13.7. The van der Waals surface area contributed by atoms with Gasteiger partial charge in [-0.25, -0.2) is 0 Å². The molecular formula is C11H21NO2S. The van der Waals surface area contributed by atoms with Crippen LogP contribution in [0.15, 0.2) is 0 Å². The summed E-state index contributed by atoms with van der Waals surface area (Å²) in [5.41, 5.74) is -0.602. The summed E-state index contributed by atoms with van der Waals surface area (Å²) in [6.45, 7) is 7.16. The van der Waals surface area contributed by atoms with E-state index in [1.54, 1.807) is 11.8 Å². The molecule has 1 unspecified atom stereocenters. The van der Waals surface area contributed by atoms with E-state index in [0.29, 0.717) is 6.04 Å². The molecule has 0 aromatic carbocycles. The molecule has 1 saturated heterocycles. The Morgan fingerprint density at radius 2 is 2.27 bits per heavy atom. The number of hydrogen-bond acceptors (Lipinski definition) is 3. The van der Waals surface area contributed by atoms with Gasteiger partial charge in [0, 0.05) is 11.8 Å². The monoisotopic (exact) mass is 231 g/mol. The fourth-order valence-electron chi connectivity index (χ4n) is 2.28. The van der Waals surface area contributed by atoms with E-state index in [9.17, 15) is 9.90 Å². The molecule has 1 aliphatic heterocycles. The van der Waals surface area contributed by atoms with Crippen molar-refractivity contribution in [2.45, 2.75) is 45.2 Å². The molecule has 1 heterocycles. The van der Waals surface area contributed by atoms with Gasteiger partial charge in [-0.3, -0.25) is 9.69 Å². The average molecular weight is 231 g/mol. The maximum absolute atomic E-state index is 11.5. The van der Waals surface area contributed by atoms with Gasteiger partial charge in [0.2, 0.25) is 0 Å². The van der Waals surface area contributed by atoms with Crippen molar-refractivity contribution in [1.82, 2.24) is 4.90 Å². The van der Waals surface area contributed by atoms with Crippen LogP contribution in [-0.2, 0) is 4.79 Å². The van der Waals surface area contributed by atoms with E-state index in [1.807, 2.05) is 0 Å². The van der Waals surface area contributed by atoms with Gasteiger partial charge >= 0.3 is 5.97 Å². The maximum atomic E-state index is 11.5. The zero-order chi connectivity index (χ0) is 11.5. The lowest BCUT2D eigenvalue weighted by molar-refractivity contribution is -0.151. The number of rotatable bonds is 5. The van der Waals surface area contributed by atoms with Gasteiger partial charge in [0.15, 0.2) is 0 Å². The minimum atomic E-state index is -0.644. The van der Waals surface area contributed by atoms with Gasteiger partial charge in [0.1, 0.15) is 5.54 Å². The van der Waals surface area contributed by atoms with Crippen LogP contribution in [0.4, 0.5) is 0 Å². The fourth-order valence-corrected chi connectivity index (χ4v) is 3.68. The molecule has 88 valence electrons. The Kier molecular flexibility index (Phi) is 4.46. The van der Waals surface area contributed by atoms with Gasteiger partial charge in [0.05, 0.1) is 0 Å². The molecule has 0 bridgehead atoms. The lowest BCUT2D eigenvalue weighted by Crippen LogP contribution is -2.57. The van der Waals surface area contributed by atoms with Gasteiger partial charge < -0.3 is 5.11 Å². The van der Waals surface area contributed by atoms with Gasteiger partial charge in [-0.1, -0.05) is 6.92 Å². The maximum Gasteiger partial charge on any atom is 0.325 e. The van der Waals surface area contributed by atoms with Crippen LogP contribution in [0.25, 0.3) is 0 Å². The Bertz CT molecular complexity index is 225. The second kappa shape index (κ2) is 5.21. The Morgan fingerprint density at radius 3 is 2.60 bits per heavy atom. The lowest BCUT2D eigenvalue weighted by Gasteiger charge is -2.40. The smallest absolute Gasteiger partial charge is 0.325 e. The quantitative estimate of drug-likeness (QED) is 0.786. The Morgan fingerprint density at radius 1 is 1.60 bits per heavy atom. The van der Waals surface area contributed by atoms with Crippen molar-refractivity contribution in [2.75, 3.05) is 18.1 Å². The molecule has 4 heteroatoms. The molecule has 0 aromatic heterocycles. The van der Waals surface area contributed by atoms with Crippen molar-refractivity contribution >= 4 is 17.7 Å². The molecule has 0 aromatic rings.